The number of carbonyl (C=O) groups is 1. The minimum absolute atomic E-state index is 0.0107. The fourth-order valence-corrected chi connectivity index (χ4v) is 2.42. The summed E-state index contributed by atoms with van der Waals surface area (Å²) in [5, 5.41) is 11.1. The van der Waals surface area contributed by atoms with Crippen LogP contribution in [-0.4, -0.2) is 39.1 Å². The predicted octanol–water partition coefficient (Wildman–Crippen LogP) is -0.165. The van der Waals surface area contributed by atoms with E-state index in [4.69, 9.17) is 5.11 Å². The highest BCUT2D eigenvalue weighted by Gasteiger charge is 2.14. The van der Waals surface area contributed by atoms with E-state index in [9.17, 15) is 13.2 Å². The van der Waals surface area contributed by atoms with Gasteiger partial charge in [-0.25, -0.2) is 13.1 Å². The molecule has 0 spiro atoms. The number of aliphatic hydroxyl groups excluding tert-OH is 1. The lowest BCUT2D eigenvalue weighted by molar-refractivity contribution is -0.119. The molecule has 1 aromatic rings. The first-order valence-electron chi connectivity index (χ1n) is 6.45. The van der Waals surface area contributed by atoms with Gasteiger partial charge in [0.15, 0.2) is 0 Å². The molecular weight excluding hydrogens is 292 g/mol. The minimum atomic E-state index is -3.71. The molecule has 0 unspecified atom stereocenters. The lowest BCUT2D eigenvalue weighted by Crippen LogP contribution is -2.36. The zero-order valence-electron chi connectivity index (χ0n) is 11.7. The number of hydrogen-bond donors (Lipinski definition) is 3. The summed E-state index contributed by atoms with van der Waals surface area (Å²) in [4.78, 5) is 11.3. The second kappa shape index (κ2) is 8.42. The minimum Gasteiger partial charge on any atom is -0.395 e. The van der Waals surface area contributed by atoms with Crippen molar-refractivity contribution in [3.05, 3.63) is 29.8 Å². The maximum Gasteiger partial charge on any atom is 0.241 e. The van der Waals surface area contributed by atoms with Gasteiger partial charge in [-0.15, -0.1) is 0 Å². The van der Waals surface area contributed by atoms with Gasteiger partial charge in [0.25, 0.3) is 0 Å². The summed E-state index contributed by atoms with van der Waals surface area (Å²) in [6, 6.07) is 5.99. The smallest absolute Gasteiger partial charge is 0.241 e. The van der Waals surface area contributed by atoms with E-state index in [2.05, 4.69) is 21.9 Å². The van der Waals surface area contributed by atoms with Crippen molar-refractivity contribution < 1.29 is 18.3 Å². The van der Waals surface area contributed by atoms with Gasteiger partial charge < -0.3 is 10.4 Å². The van der Waals surface area contributed by atoms with Crippen LogP contribution in [0.2, 0.25) is 0 Å². The van der Waals surface area contributed by atoms with Gasteiger partial charge in [0.2, 0.25) is 15.9 Å². The van der Waals surface area contributed by atoms with Crippen LogP contribution in [0.4, 0.5) is 0 Å². The van der Waals surface area contributed by atoms with Gasteiger partial charge in [-0.05, 0) is 31.2 Å². The Morgan fingerprint density at radius 2 is 1.95 bits per heavy atom. The van der Waals surface area contributed by atoms with Crippen LogP contribution in [0.3, 0.4) is 0 Å². The molecule has 0 aliphatic heterocycles. The number of nitrogens with one attached hydrogen (secondary N) is 2. The SMILES string of the molecule is CCNC(=O)CNS(=O)(=O)c1ccc(C#CCCO)cc1. The summed E-state index contributed by atoms with van der Waals surface area (Å²) >= 11 is 0. The molecule has 0 fully saturated rings. The maximum absolute atomic E-state index is 12.0. The number of aliphatic hydroxyl groups is 1. The van der Waals surface area contributed by atoms with Crippen LogP contribution in [0.25, 0.3) is 0 Å². The van der Waals surface area contributed by atoms with Crippen molar-refractivity contribution in [2.24, 2.45) is 0 Å². The first-order valence-corrected chi connectivity index (χ1v) is 7.94. The van der Waals surface area contributed by atoms with Gasteiger partial charge in [0, 0.05) is 18.5 Å². The molecule has 0 aliphatic rings. The Morgan fingerprint density at radius 3 is 2.52 bits per heavy atom. The van der Waals surface area contributed by atoms with Gasteiger partial charge in [-0.1, -0.05) is 11.8 Å². The van der Waals surface area contributed by atoms with Gasteiger partial charge >= 0.3 is 0 Å². The van der Waals surface area contributed by atoms with Crippen molar-refractivity contribution in [3.8, 4) is 11.8 Å². The molecule has 7 heteroatoms. The first-order chi connectivity index (χ1) is 9.99. The van der Waals surface area contributed by atoms with Crippen molar-refractivity contribution in [1.82, 2.24) is 10.0 Å². The second-order valence-electron chi connectivity index (χ2n) is 4.08. The third-order valence-corrected chi connectivity index (χ3v) is 3.85. The Bertz CT molecular complexity index is 627. The Kier molecular flexibility index (Phi) is 6.88. The van der Waals surface area contributed by atoms with Crippen LogP contribution < -0.4 is 10.0 Å². The zero-order valence-corrected chi connectivity index (χ0v) is 12.5. The summed E-state index contributed by atoms with van der Waals surface area (Å²) in [5.41, 5.74) is 0.658. The topological polar surface area (TPSA) is 95.5 Å². The molecule has 114 valence electrons. The molecule has 0 atom stereocenters. The number of rotatable bonds is 6. The average molecular weight is 310 g/mol. The lowest BCUT2D eigenvalue weighted by atomic mass is 10.2. The summed E-state index contributed by atoms with van der Waals surface area (Å²) in [6.07, 6.45) is 0.369. The Labute approximate surface area is 124 Å². The summed E-state index contributed by atoms with van der Waals surface area (Å²) in [7, 11) is -3.71. The molecule has 0 heterocycles. The molecule has 0 aliphatic carbocycles. The predicted molar refractivity (Wildman–Crippen MR) is 78.9 cm³/mol. The lowest BCUT2D eigenvalue weighted by Gasteiger charge is -2.06. The van der Waals surface area contributed by atoms with E-state index in [1.54, 1.807) is 19.1 Å². The number of likely N-dealkylation sites (N-methyl/N-ethyl adjacent to an activating group) is 1. The molecule has 1 rings (SSSR count). The first kappa shape index (κ1) is 17.2. The van der Waals surface area contributed by atoms with E-state index in [0.29, 0.717) is 18.5 Å². The van der Waals surface area contributed by atoms with E-state index in [1.807, 2.05) is 0 Å². The van der Waals surface area contributed by atoms with Crippen molar-refractivity contribution in [1.29, 1.82) is 0 Å². The van der Waals surface area contributed by atoms with Crippen LogP contribution in [-0.2, 0) is 14.8 Å². The molecule has 0 saturated carbocycles. The standard InChI is InChI=1S/C14H18N2O4S/c1-2-15-14(18)11-16-21(19,20)13-8-6-12(7-9-13)5-3-4-10-17/h6-9,16-17H,2,4,10-11H2,1H3,(H,15,18). The maximum atomic E-state index is 12.0. The van der Waals surface area contributed by atoms with Crippen molar-refractivity contribution in [2.75, 3.05) is 19.7 Å². The largest absolute Gasteiger partial charge is 0.395 e. The van der Waals surface area contributed by atoms with Crippen LogP contribution in [0.15, 0.2) is 29.2 Å². The highest BCUT2D eigenvalue weighted by molar-refractivity contribution is 7.89. The number of sulfonamides is 1. The fourth-order valence-electron chi connectivity index (χ4n) is 1.44. The molecule has 6 nitrogen and oxygen atoms in total. The van der Waals surface area contributed by atoms with E-state index >= 15 is 0 Å². The van der Waals surface area contributed by atoms with Gasteiger partial charge in [-0.2, -0.15) is 0 Å². The van der Waals surface area contributed by atoms with Gasteiger partial charge in [-0.3, -0.25) is 4.79 Å². The van der Waals surface area contributed by atoms with Crippen LogP contribution in [0.1, 0.15) is 18.9 Å². The number of carbonyl (C=O) groups excluding carboxylic acids is 1. The number of benzene rings is 1. The monoisotopic (exact) mass is 310 g/mol. The van der Waals surface area contributed by atoms with Gasteiger partial charge in [0.05, 0.1) is 18.0 Å². The Hall–Kier alpha value is -1.88. The van der Waals surface area contributed by atoms with Crippen LogP contribution in [0.5, 0.6) is 0 Å². The quantitative estimate of drug-likeness (QED) is 0.636. The van der Waals surface area contributed by atoms with Gasteiger partial charge in [0.1, 0.15) is 0 Å². The average Bonchev–Trinajstić information content (AvgIpc) is 2.46. The fraction of sp³-hybridized carbons (Fsp3) is 0.357. The molecular formula is C14H18N2O4S. The van der Waals surface area contributed by atoms with Crippen molar-refractivity contribution >= 4 is 15.9 Å². The summed E-state index contributed by atoms with van der Waals surface area (Å²) in [5.74, 6) is 5.17. The van der Waals surface area contributed by atoms with E-state index in [1.165, 1.54) is 12.1 Å². The zero-order chi connectivity index (χ0) is 15.7. The molecule has 21 heavy (non-hydrogen) atoms. The molecule has 0 saturated heterocycles. The van der Waals surface area contributed by atoms with E-state index in [-0.39, 0.29) is 24.0 Å². The van der Waals surface area contributed by atoms with Crippen molar-refractivity contribution in [3.63, 3.8) is 0 Å². The number of hydrogen-bond acceptors (Lipinski definition) is 4. The molecule has 0 radical (unpaired) electrons. The van der Waals surface area contributed by atoms with Crippen LogP contribution in [0, 0.1) is 11.8 Å². The summed E-state index contributed by atoms with van der Waals surface area (Å²) < 4.78 is 26.1. The third-order valence-electron chi connectivity index (χ3n) is 2.43. The molecule has 1 amide bonds. The van der Waals surface area contributed by atoms with E-state index in [0.717, 1.165) is 0 Å². The molecule has 0 bridgehead atoms. The highest BCUT2D eigenvalue weighted by Crippen LogP contribution is 2.09. The Balaban J connectivity index is 2.72. The normalized spacial score (nSPS) is 10.6. The second-order valence-corrected chi connectivity index (χ2v) is 5.84. The molecule has 1 aromatic carbocycles. The van der Waals surface area contributed by atoms with Crippen LogP contribution >= 0.6 is 0 Å². The number of amides is 1. The summed E-state index contributed by atoms with van der Waals surface area (Å²) in [6.45, 7) is 1.89. The van der Waals surface area contributed by atoms with E-state index < -0.39 is 10.0 Å². The highest BCUT2D eigenvalue weighted by atomic mass is 32.2. The Morgan fingerprint density at radius 1 is 1.29 bits per heavy atom. The third kappa shape index (κ3) is 5.95. The van der Waals surface area contributed by atoms with Crippen molar-refractivity contribution in [2.45, 2.75) is 18.2 Å². The molecule has 3 N–H and O–H groups in total. The molecule has 0 aromatic heterocycles.